The van der Waals surface area contributed by atoms with Gasteiger partial charge in [-0.3, -0.25) is 0 Å². The van der Waals surface area contributed by atoms with Gasteiger partial charge in [-0.15, -0.1) is 0 Å². The predicted octanol–water partition coefficient (Wildman–Crippen LogP) is 3.91. The van der Waals surface area contributed by atoms with Gasteiger partial charge in [0.05, 0.1) is 11.7 Å². The van der Waals surface area contributed by atoms with Crippen LogP contribution in [0.3, 0.4) is 0 Å². The van der Waals surface area contributed by atoms with Gasteiger partial charge < -0.3 is 9.84 Å². The Hall–Kier alpha value is -1.23. The molecule has 0 bridgehead atoms. The topological polar surface area (TPSA) is 29.5 Å². The van der Waals surface area contributed by atoms with Crippen LogP contribution in [0.4, 0.5) is 13.2 Å². The van der Waals surface area contributed by atoms with E-state index in [1.165, 1.54) is 6.07 Å². The molecule has 0 aromatic heterocycles. The zero-order valence-corrected chi connectivity index (χ0v) is 11.8. The molecule has 20 heavy (non-hydrogen) atoms. The van der Waals surface area contributed by atoms with Crippen LogP contribution in [0.5, 0.6) is 5.75 Å². The average molecular weight is 288 g/mol. The highest BCUT2D eigenvalue weighted by atomic mass is 19.4. The number of hydrogen-bond acceptors (Lipinski definition) is 2. The Morgan fingerprint density at radius 2 is 1.75 bits per heavy atom. The molecule has 0 aliphatic heterocycles. The molecular formula is C15H19F3O2. The Bertz CT molecular complexity index is 483. The standard InChI is InChI=1S/C15H19F3O2/c1-14(2,3)9-4-5-13(12(6-9)15(16,17)18)20-11-7-10(19)8-11/h4-6,10-11,19H,7-8H2,1-3H3. The number of benzene rings is 1. The molecule has 0 amide bonds. The summed E-state index contributed by atoms with van der Waals surface area (Å²) in [6, 6.07) is 4.21. The molecule has 1 N–H and O–H groups in total. The normalized spacial score (nSPS) is 23.4. The van der Waals surface area contributed by atoms with Gasteiger partial charge in [-0.05, 0) is 23.1 Å². The molecule has 1 fully saturated rings. The number of aliphatic hydroxyl groups excluding tert-OH is 1. The minimum Gasteiger partial charge on any atom is -0.490 e. The van der Waals surface area contributed by atoms with E-state index in [1.54, 1.807) is 6.07 Å². The van der Waals surface area contributed by atoms with E-state index in [0.717, 1.165) is 6.07 Å². The minimum absolute atomic E-state index is 0.151. The largest absolute Gasteiger partial charge is 0.490 e. The second kappa shape index (κ2) is 4.95. The molecule has 1 aromatic rings. The van der Waals surface area contributed by atoms with Crippen molar-refractivity contribution in [1.29, 1.82) is 0 Å². The van der Waals surface area contributed by atoms with Gasteiger partial charge in [-0.1, -0.05) is 26.8 Å². The van der Waals surface area contributed by atoms with E-state index in [0.29, 0.717) is 18.4 Å². The van der Waals surface area contributed by atoms with Crippen molar-refractivity contribution in [3.8, 4) is 5.75 Å². The molecule has 0 atom stereocenters. The number of halogens is 3. The summed E-state index contributed by atoms with van der Waals surface area (Å²) in [5.74, 6) is -0.151. The quantitative estimate of drug-likeness (QED) is 0.894. The molecule has 0 unspecified atom stereocenters. The molecule has 2 rings (SSSR count). The van der Waals surface area contributed by atoms with Gasteiger partial charge >= 0.3 is 6.18 Å². The lowest BCUT2D eigenvalue weighted by Gasteiger charge is -2.32. The van der Waals surface area contributed by atoms with Crippen molar-refractivity contribution in [3.05, 3.63) is 29.3 Å². The van der Waals surface area contributed by atoms with Crippen LogP contribution in [0.2, 0.25) is 0 Å². The highest BCUT2D eigenvalue weighted by Crippen LogP contribution is 2.40. The van der Waals surface area contributed by atoms with Crippen molar-refractivity contribution < 1.29 is 23.0 Å². The second-order valence-electron chi connectivity index (χ2n) is 6.32. The van der Waals surface area contributed by atoms with Crippen molar-refractivity contribution in [2.45, 2.75) is 57.4 Å². The molecule has 0 saturated heterocycles. The van der Waals surface area contributed by atoms with Crippen LogP contribution in [0.1, 0.15) is 44.7 Å². The average Bonchev–Trinajstić information content (AvgIpc) is 2.24. The van der Waals surface area contributed by atoms with Gasteiger partial charge in [0, 0.05) is 12.8 Å². The van der Waals surface area contributed by atoms with E-state index in [-0.39, 0.29) is 17.3 Å². The Morgan fingerprint density at radius 3 is 2.20 bits per heavy atom. The summed E-state index contributed by atoms with van der Waals surface area (Å²) < 4.78 is 44.8. The molecule has 1 saturated carbocycles. The molecule has 2 nitrogen and oxygen atoms in total. The number of rotatable bonds is 2. The molecule has 0 heterocycles. The third-order valence-electron chi connectivity index (χ3n) is 3.51. The Balaban J connectivity index is 2.31. The maximum atomic E-state index is 13.1. The van der Waals surface area contributed by atoms with E-state index in [1.807, 2.05) is 20.8 Å². The maximum absolute atomic E-state index is 13.1. The summed E-state index contributed by atoms with van der Waals surface area (Å²) in [6.45, 7) is 5.60. The summed E-state index contributed by atoms with van der Waals surface area (Å²) in [6.07, 6.45) is -4.45. The molecular weight excluding hydrogens is 269 g/mol. The van der Waals surface area contributed by atoms with E-state index in [2.05, 4.69) is 0 Å². The van der Waals surface area contributed by atoms with Gasteiger partial charge in [-0.2, -0.15) is 13.2 Å². The highest BCUT2D eigenvalue weighted by molar-refractivity contribution is 5.41. The van der Waals surface area contributed by atoms with Crippen LogP contribution in [-0.4, -0.2) is 17.3 Å². The summed E-state index contributed by atoms with van der Waals surface area (Å²) in [7, 11) is 0. The van der Waals surface area contributed by atoms with E-state index >= 15 is 0 Å². The number of ether oxygens (including phenoxy) is 1. The number of aliphatic hydroxyl groups is 1. The Labute approximate surface area is 116 Å². The molecule has 1 aliphatic carbocycles. The first kappa shape index (κ1) is 15.2. The SMILES string of the molecule is CC(C)(C)c1ccc(OC2CC(O)C2)c(C(F)(F)F)c1. The maximum Gasteiger partial charge on any atom is 0.419 e. The van der Waals surface area contributed by atoms with Crippen LogP contribution in [0.15, 0.2) is 18.2 Å². The molecule has 112 valence electrons. The minimum atomic E-state index is -4.45. The first-order chi connectivity index (χ1) is 9.07. The van der Waals surface area contributed by atoms with Crippen molar-refractivity contribution >= 4 is 0 Å². The smallest absolute Gasteiger partial charge is 0.419 e. The van der Waals surface area contributed by atoms with Crippen LogP contribution in [0, 0.1) is 0 Å². The molecule has 1 aliphatic rings. The van der Waals surface area contributed by atoms with Crippen molar-refractivity contribution in [1.82, 2.24) is 0 Å². The van der Waals surface area contributed by atoms with E-state index < -0.39 is 17.8 Å². The van der Waals surface area contributed by atoms with Gasteiger partial charge in [0.25, 0.3) is 0 Å². The summed E-state index contributed by atoms with van der Waals surface area (Å²) in [4.78, 5) is 0. The number of hydrogen-bond donors (Lipinski definition) is 1. The monoisotopic (exact) mass is 288 g/mol. The fraction of sp³-hybridized carbons (Fsp3) is 0.600. The lowest BCUT2D eigenvalue weighted by molar-refractivity contribution is -0.140. The predicted molar refractivity (Wildman–Crippen MR) is 69.8 cm³/mol. The lowest BCUT2D eigenvalue weighted by Crippen LogP contribution is -2.37. The molecule has 5 heteroatoms. The van der Waals surface area contributed by atoms with Crippen molar-refractivity contribution in [2.24, 2.45) is 0 Å². The fourth-order valence-electron chi connectivity index (χ4n) is 2.13. The molecule has 0 spiro atoms. The van der Waals surface area contributed by atoms with Crippen LogP contribution < -0.4 is 4.74 Å². The first-order valence-electron chi connectivity index (χ1n) is 6.64. The third-order valence-corrected chi connectivity index (χ3v) is 3.51. The molecule has 0 radical (unpaired) electrons. The lowest BCUT2D eigenvalue weighted by atomic mass is 9.86. The third kappa shape index (κ3) is 3.26. The summed E-state index contributed by atoms with van der Waals surface area (Å²) >= 11 is 0. The zero-order valence-electron chi connectivity index (χ0n) is 11.8. The first-order valence-corrected chi connectivity index (χ1v) is 6.64. The fourth-order valence-corrected chi connectivity index (χ4v) is 2.13. The Kier molecular flexibility index (Phi) is 3.75. The van der Waals surface area contributed by atoms with E-state index in [4.69, 9.17) is 4.74 Å². The van der Waals surface area contributed by atoms with Crippen LogP contribution in [0.25, 0.3) is 0 Å². The van der Waals surface area contributed by atoms with Crippen molar-refractivity contribution in [2.75, 3.05) is 0 Å². The van der Waals surface area contributed by atoms with Gasteiger partial charge in [0.1, 0.15) is 11.9 Å². The van der Waals surface area contributed by atoms with Crippen LogP contribution >= 0.6 is 0 Å². The number of alkyl halides is 3. The van der Waals surface area contributed by atoms with Gasteiger partial charge in [0.2, 0.25) is 0 Å². The molecule has 1 aromatic carbocycles. The van der Waals surface area contributed by atoms with Crippen molar-refractivity contribution in [3.63, 3.8) is 0 Å². The Morgan fingerprint density at radius 1 is 1.15 bits per heavy atom. The second-order valence-corrected chi connectivity index (χ2v) is 6.32. The van der Waals surface area contributed by atoms with Gasteiger partial charge in [0.15, 0.2) is 0 Å². The van der Waals surface area contributed by atoms with Gasteiger partial charge in [-0.25, -0.2) is 0 Å². The highest BCUT2D eigenvalue weighted by Gasteiger charge is 2.37. The summed E-state index contributed by atoms with van der Waals surface area (Å²) in [5, 5.41) is 9.17. The van der Waals surface area contributed by atoms with Crippen LogP contribution in [-0.2, 0) is 11.6 Å². The zero-order chi connectivity index (χ0) is 15.1. The summed E-state index contributed by atoms with van der Waals surface area (Å²) in [5.41, 5.74) is -0.484. The van der Waals surface area contributed by atoms with E-state index in [9.17, 15) is 18.3 Å².